The maximum absolute atomic E-state index is 13.4. The van der Waals surface area contributed by atoms with E-state index in [0.717, 1.165) is 50.8 Å². The topological polar surface area (TPSA) is 109 Å². The van der Waals surface area contributed by atoms with Gasteiger partial charge < -0.3 is 24.2 Å². The van der Waals surface area contributed by atoms with Crippen LogP contribution in [-0.2, 0) is 21.1 Å². The van der Waals surface area contributed by atoms with Crippen LogP contribution in [0.1, 0.15) is 55.5 Å². The van der Waals surface area contributed by atoms with Crippen molar-refractivity contribution in [3.05, 3.63) is 78.1 Å². The molecule has 5 rings (SSSR count). The molecule has 2 aliphatic heterocycles. The predicted octanol–water partition coefficient (Wildman–Crippen LogP) is 4.44. The number of carbonyl (C=O) groups excluding carboxylic acids is 2. The molecule has 0 saturated carbocycles. The number of sulfone groups is 1. The lowest BCUT2D eigenvalue weighted by Gasteiger charge is -2.29. The van der Waals surface area contributed by atoms with Gasteiger partial charge in [-0.05, 0) is 94.1 Å². The van der Waals surface area contributed by atoms with Crippen molar-refractivity contribution in [1.82, 2.24) is 19.7 Å². The molecule has 11 heteroatoms. The molecule has 0 bridgehead atoms. The summed E-state index contributed by atoms with van der Waals surface area (Å²) in [7, 11) is -3.71. The van der Waals surface area contributed by atoms with Gasteiger partial charge in [0.25, 0.3) is 5.91 Å². The van der Waals surface area contributed by atoms with Crippen LogP contribution in [0.5, 0.6) is 11.5 Å². The summed E-state index contributed by atoms with van der Waals surface area (Å²) in [5.41, 5.74) is 1.51. The molecule has 3 heterocycles. The monoisotopic (exact) mass is 634 g/mol. The van der Waals surface area contributed by atoms with E-state index in [2.05, 4.69) is 23.7 Å². The maximum Gasteiger partial charge on any atom is 0.254 e. The molecule has 1 aromatic heterocycles. The molecule has 2 aliphatic rings. The highest BCUT2D eigenvalue weighted by molar-refractivity contribution is 7.91. The molecule has 0 N–H and O–H groups in total. The lowest BCUT2D eigenvalue weighted by Crippen LogP contribution is -2.40. The highest BCUT2D eigenvalue weighted by Crippen LogP contribution is 2.35. The van der Waals surface area contributed by atoms with Gasteiger partial charge in [-0.2, -0.15) is 0 Å². The second-order valence-electron chi connectivity index (χ2n) is 11.7. The van der Waals surface area contributed by atoms with Gasteiger partial charge in [0, 0.05) is 49.7 Å². The summed E-state index contributed by atoms with van der Waals surface area (Å²) in [5, 5.41) is 0. The quantitative estimate of drug-likeness (QED) is 0.254. The van der Waals surface area contributed by atoms with Gasteiger partial charge in [0.15, 0.2) is 11.5 Å². The van der Waals surface area contributed by atoms with Gasteiger partial charge in [-0.15, -0.1) is 0 Å². The van der Waals surface area contributed by atoms with E-state index in [0.29, 0.717) is 36.7 Å². The first kappa shape index (κ1) is 32.4. The van der Waals surface area contributed by atoms with Gasteiger partial charge in [0.1, 0.15) is 6.54 Å². The highest BCUT2D eigenvalue weighted by Gasteiger charge is 2.26. The molecular formula is C34H42N4O6S. The summed E-state index contributed by atoms with van der Waals surface area (Å²) in [6, 6.07) is 15.5. The fourth-order valence-corrected chi connectivity index (χ4v) is 7.30. The summed E-state index contributed by atoms with van der Waals surface area (Å²) in [6.07, 6.45) is 7.47. The number of carbonyl (C=O) groups is 2. The molecule has 1 fully saturated rings. The first-order valence-electron chi connectivity index (χ1n) is 15.7. The zero-order valence-corrected chi connectivity index (χ0v) is 26.9. The first-order valence-corrected chi connectivity index (χ1v) is 17.2. The van der Waals surface area contributed by atoms with Gasteiger partial charge >= 0.3 is 0 Å². The molecule has 2 amide bonds. The van der Waals surface area contributed by atoms with Crippen LogP contribution in [0, 0.1) is 0 Å². The molecule has 10 nitrogen and oxygen atoms in total. The van der Waals surface area contributed by atoms with Crippen molar-refractivity contribution in [2.75, 3.05) is 46.1 Å². The Kier molecular flexibility index (Phi) is 10.7. The van der Waals surface area contributed by atoms with Gasteiger partial charge in [0.05, 0.1) is 9.79 Å². The molecule has 1 atom stereocenters. The van der Waals surface area contributed by atoms with E-state index < -0.39 is 9.84 Å². The van der Waals surface area contributed by atoms with Crippen molar-refractivity contribution >= 4 is 21.7 Å². The predicted molar refractivity (Wildman–Crippen MR) is 170 cm³/mol. The Morgan fingerprint density at radius 1 is 0.978 bits per heavy atom. The average Bonchev–Trinajstić information content (AvgIpc) is 3.45. The maximum atomic E-state index is 13.4. The molecule has 1 unspecified atom stereocenters. The lowest BCUT2D eigenvalue weighted by atomic mass is 10.1. The third-order valence-electron chi connectivity index (χ3n) is 8.40. The number of ether oxygens (including phenoxy) is 2. The Morgan fingerprint density at radius 3 is 2.56 bits per heavy atom. The third-order valence-corrected chi connectivity index (χ3v) is 10.2. The fraction of sp³-hybridized carbons (Fsp3) is 0.441. The van der Waals surface area contributed by atoms with Gasteiger partial charge in [-0.3, -0.25) is 14.6 Å². The Labute approximate surface area is 265 Å². The Morgan fingerprint density at radius 2 is 1.76 bits per heavy atom. The number of hydrogen-bond acceptors (Lipinski definition) is 8. The Hall–Kier alpha value is -3.96. The number of fused-ring (bicyclic) bond motifs is 1. The second-order valence-corrected chi connectivity index (χ2v) is 13.6. The molecule has 0 spiro atoms. The molecular weight excluding hydrogens is 592 g/mol. The van der Waals surface area contributed by atoms with Crippen LogP contribution in [0.2, 0.25) is 0 Å². The van der Waals surface area contributed by atoms with Gasteiger partial charge in [-0.25, -0.2) is 8.42 Å². The minimum Gasteiger partial charge on any atom is -0.454 e. The minimum atomic E-state index is -3.71. The van der Waals surface area contributed by atoms with Crippen LogP contribution in [0.15, 0.2) is 76.8 Å². The van der Waals surface area contributed by atoms with Crippen molar-refractivity contribution in [2.45, 2.75) is 61.8 Å². The van der Waals surface area contributed by atoms with E-state index in [1.807, 2.05) is 11.0 Å². The molecule has 45 heavy (non-hydrogen) atoms. The number of aromatic nitrogens is 1. The van der Waals surface area contributed by atoms with E-state index in [-0.39, 0.29) is 41.0 Å². The Balaban J connectivity index is 1.13. The number of hydrogen-bond donors (Lipinski definition) is 0. The van der Waals surface area contributed by atoms with E-state index in [9.17, 15) is 18.0 Å². The molecule has 0 radical (unpaired) electrons. The molecule has 240 valence electrons. The number of rotatable bonds is 13. The number of benzene rings is 2. The molecule has 1 saturated heterocycles. The SMILES string of the molecule is CCCN(CCCCN1CCCN(C(=O)c2ccncc2)CC1=O)C(C)Cc1cccc(S(=O)(=O)c2ccc3c(c2)OCO3)c1. The molecule has 0 aliphatic carbocycles. The average molecular weight is 635 g/mol. The normalized spacial score (nSPS) is 15.8. The van der Waals surface area contributed by atoms with E-state index in [4.69, 9.17) is 9.47 Å². The van der Waals surface area contributed by atoms with Crippen molar-refractivity contribution in [3.8, 4) is 11.5 Å². The van der Waals surface area contributed by atoms with Crippen molar-refractivity contribution in [3.63, 3.8) is 0 Å². The smallest absolute Gasteiger partial charge is 0.254 e. The minimum absolute atomic E-state index is 0.00993. The number of nitrogens with zero attached hydrogens (tertiary/aromatic N) is 4. The van der Waals surface area contributed by atoms with Gasteiger partial charge in [-0.1, -0.05) is 19.1 Å². The third kappa shape index (κ3) is 8.01. The summed E-state index contributed by atoms with van der Waals surface area (Å²) in [6.45, 7) is 8.24. The van der Waals surface area contributed by atoms with Crippen molar-refractivity contribution < 1.29 is 27.5 Å². The van der Waals surface area contributed by atoms with E-state index in [1.54, 1.807) is 59.8 Å². The zero-order valence-electron chi connectivity index (χ0n) is 26.1. The zero-order chi connectivity index (χ0) is 31.8. The van der Waals surface area contributed by atoms with E-state index in [1.165, 1.54) is 6.07 Å². The largest absolute Gasteiger partial charge is 0.454 e. The lowest BCUT2D eigenvalue weighted by molar-refractivity contribution is -0.130. The Bertz CT molecular complexity index is 1580. The number of amides is 2. The van der Waals surface area contributed by atoms with Gasteiger partial charge in [0.2, 0.25) is 22.5 Å². The van der Waals surface area contributed by atoms with E-state index >= 15 is 0 Å². The highest BCUT2D eigenvalue weighted by atomic mass is 32.2. The first-order chi connectivity index (χ1) is 21.8. The number of unbranched alkanes of at least 4 members (excludes halogenated alkanes) is 1. The summed E-state index contributed by atoms with van der Waals surface area (Å²) < 4.78 is 37.5. The second kappa shape index (κ2) is 14.9. The van der Waals surface area contributed by atoms with Crippen molar-refractivity contribution in [1.29, 1.82) is 0 Å². The molecule has 3 aromatic rings. The van der Waals surface area contributed by atoms with Crippen LogP contribution < -0.4 is 9.47 Å². The van der Waals surface area contributed by atoms with Crippen LogP contribution in [-0.4, -0.2) is 92.0 Å². The fourth-order valence-electron chi connectivity index (χ4n) is 5.95. The standard InChI is InChI=1S/C34H42N4O6S/c1-3-16-36(17-4-5-18-37-19-7-20-38(24-33(37)39)34(40)28-12-14-35-15-13-28)26(2)21-27-8-6-9-29(22-27)45(41,42)30-10-11-31-32(23-30)44-25-43-31/h6,8-15,22-23,26H,3-5,7,16-21,24-25H2,1-2H3. The summed E-state index contributed by atoms with van der Waals surface area (Å²) >= 11 is 0. The summed E-state index contributed by atoms with van der Waals surface area (Å²) in [5.74, 6) is 0.845. The van der Waals surface area contributed by atoms with Crippen LogP contribution >= 0.6 is 0 Å². The molecule has 2 aromatic carbocycles. The van der Waals surface area contributed by atoms with Crippen LogP contribution in [0.4, 0.5) is 0 Å². The number of pyridine rings is 1. The van der Waals surface area contributed by atoms with Crippen LogP contribution in [0.25, 0.3) is 0 Å². The summed E-state index contributed by atoms with van der Waals surface area (Å²) in [4.78, 5) is 36.2. The van der Waals surface area contributed by atoms with Crippen molar-refractivity contribution in [2.24, 2.45) is 0 Å². The van der Waals surface area contributed by atoms with Crippen LogP contribution in [0.3, 0.4) is 0 Å².